The minimum Gasteiger partial charge on any atom is -0.443 e. The molecule has 0 spiro atoms. The third-order valence-corrected chi connectivity index (χ3v) is 5.16. The molecule has 1 heterocycles. The van der Waals surface area contributed by atoms with E-state index >= 15 is 0 Å². The molecule has 0 unspecified atom stereocenters. The lowest BCUT2D eigenvalue weighted by atomic mass is 9.94. The summed E-state index contributed by atoms with van der Waals surface area (Å²) in [6.45, 7) is 7.16. The van der Waals surface area contributed by atoms with Gasteiger partial charge in [-0.15, -0.1) is 24.0 Å². The zero-order chi connectivity index (χ0) is 19.9. The second-order valence-corrected chi connectivity index (χ2v) is 8.70. The van der Waals surface area contributed by atoms with Crippen LogP contribution in [0, 0.1) is 0 Å². The van der Waals surface area contributed by atoms with Gasteiger partial charge in [0.25, 0.3) is 0 Å². The van der Waals surface area contributed by atoms with Gasteiger partial charge in [-0.2, -0.15) is 0 Å². The molecule has 10 heteroatoms. The fourth-order valence-electron chi connectivity index (χ4n) is 2.17. The van der Waals surface area contributed by atoms with Crippen LogP contribution in [-0.2, 0) is 22.0 Å². The first kappa shape index (κ1) is 24.4. The third kappa shape index (κ3) is 7.40. The van der Waals surface area contributed by atoms with Crippen molar-refractivity contribution in [3.8, 4) is 0 Å². The van der Waals surface area contributed by atoms with Crippen LogP contribution in [-0.4, -0.2) is 39.5 Å². The normalized spacial score (nSPS) is 12.4. The molecule has 0 saturated heterocycles. The lowest BCUT2D eigenvalue weighted by molar-refractivity contribution is 0.379. The summed E-state index contributed by atoms with van der Waals surface area (Å²) in [4.78, 5) is 8.59. The summed E-state index contributed by atoms with van der Waals surface area (Å²) in [7, 11) is -1.87. The van der Waals surface area contributed by atoms with Gasteiger partial charge in [-0.25, -0.2) is 18.1 Å². The number of oxazole rings is 1. The molecule has 0 atom stereocenters. The Morgan fingerprint density at radius 2 is 1.82 bits per heavy atom. The Balaban J connectivity index is 0.00000392. The number of nitrogens with zero attached hydrogens (tertiary/aromatic N) is 2. The quantitative estimate of drug-likeness (QED) is 0.223. The van der Waals surface area contributed by atoms with Crippen LogP contribution in [0.2, 0.25) is 0 Å². The highest BCUT2D eigenvalue weighted by Crippen LogP contribution is 2.22. The minimum atomic E-state index is -3.51. The molecule has 2 aromatic rings. The highest BCUT2D eigenvalue weighted by Gasteiger charge is 2.19. The van der Waals surface area contributed by atoms with Gasteiger partial charge in [-0.3, -0.25) is 4.99 Å². The Morgan fingerprint density at radius 3 is 2.39 bits per heavy atom. The topological polar surface area (TPSA) is 109 Å². The fraction of sp³-hybridized carbons (Fsp3) is 0.444. The number of aromatic nitrogens is 1. The largest absolute Gasteiger partial charge is 0.443 e. The highest BCUT2D eigenvalue weighted by atomic mass is 127. The first-order valence-corrected chi connectivity index (χ1v) is 10.1. The SMILES string of the molecule is CN=C(NCCNS(=O)(=O)c1ccccc1)NCc1ncc(C(C)(C)C)o1.I. The van der Waals surface area contributed by atoms with Crippen LogP contribution >= 0.6 is 24.0 Å². The van der Waals surface area contributed by atoms with E-state index in [-0.39, 0.29) is 40.8 Å². The maximum atomic E-state index is 12.1. The molecule has 28 heavy (non-hydrogen) atoms. The van der Waals surface area contributed by atoms with E-state index in [2.05, 4.69) is 46.1 Å². The van der Waals surface area contributed by atoms with Crippen molar-refractivity contribution in [3.63, 3.8) is 0 Å². The predicted molar refractivity (Wildman–Crippen MR) is 120 cm³/mol. The van der Waals surface area contributed by atoms with E-state index in [1.165, 1.54) is 0 Å². The Hall–Kier alpha value is -1.66. The Labute approximate surface area is 183 Å². The number of halogens is 1. The summed E-state index contributed by atoms with van der Waals surface area (Å²) in [6.07, 6.45) is 1.73. The average Bonchev–Trinajstić information content (AvgIpc) is 3.11. The molecule has 8 nitrogen and oxygen atoms in total. The summed E-state index contributed by atoms with van der Waals surface area (Å²) >= 11 is 0. The van der Waals surface area contributed by atoms with Gasteiger partial charge in [0, 0.05) is 25.6 Å². The number of hydrogen-bond acceptors (Lipinski definition) is 5. The van der Waals surface area contributed by atoms with Gasteiger partial charge < -0.3 is 15.1 Å². The third-order valence-electron chi connectivity index (χ3n) is 3.69. The summed E-state index contributed by atoms with van der Waals surface area (Å²) in [5.74, 6) is 1.91. The Kier molecular flexibility index (Phi) is 9.37. The number of benzene rings is 1. The van der Waals surface area contributed by atoms with Gasteiger partial charge in [0.05, 0.1) is 17.6 Å². The zero-order valence-electron chi connectivity index (χ0n) is 16.5. The zero-order valence-corrected chi connectivity index (χ0v) is 19.7. The predicted octanol–water partition coefficient (Wildman–Crippen LogP) is 2.23. The van der Waals surface area contributed by atoms with E-state index in [1.807, 2.05) is 0 Å². The smallest absolute Gasteiger partial charge is 0.240 e. The van der Waals surface area contributed by atoms with E-state index in [9.17, 15) is 8.42 Å². The van der Waals surface area contributed by atoms with Gasteiger partial charge in [-0.05, 0) is 12.1 Å². The summed E-state index contributed by atoms with van der Waals surface area (Å²) in [5, 5.41) is 6.13. The van der Waals surface area contributed by atoms with Crippen molar-refractivity contribution in [1.29, 1.82) is 0 Å². The molecule has 1 aromatic carbocycles. The van der Waals surface area contributed by atoms with E-state index < -0.39 is 10.0 Å². The van der Waals surface area contributed by atoms with Crippen LogP contribution in [0.15, 0.2) is 50.8 Å². The fourth-order valence-corrected chi connectivity index (χ4v) is 3.22. The molecule has 1 aromatic heterocycles. The molecule has 2 rings (SSSR count). The molecule has 0 aliphatic rings. The molecule has 0 radical (unpaired) electrons. The maximum Gasteiger partial charge on any atom is 0.240 e. The average molecular weight is 521 g/mol. The Morgan fingerprint density at radius 1 is 1.14 bits per heavy atom. The number of rotatable bonds is 7. The lowest BCUT2D eigenvalue weighted by Gasteiger charge is -2.13. The maximum absolute atomic E-state index is 12.1. The summed E-state index contributed by atoms with van der Waals surface area (Å²) in [5.41, 5.74) is -0.0961. The van der Waals surface area contributed by atoms with Crippen molar-refractivity contribution in [1.82, 2.24) is 20.3 Å². The van der Waals surface area contributed by atoms with Crippen LogP contribution in [0.1, 0.15) is 32.4 Å². The van der Waals surface area contributed by atoms with E-state index in [1.54, 1.807) is 43.6 Å². The van der Waals surface area contributed by atoms with Gasteiger partial charge in [-0.1, -0.05) is 39.0 Å². The molecular weight excluding hydrogens is 493 g/mol. The number of hydrogen-bond donors (Lipinski definition) is 3. The van der Waals surface area contributed by atoms with Crippen LogP contribution in [0.3, 0.4) is 0 Å². The Bertz CT molecular complexity index is 861. The molecule has 0 aliphatic carbocycles. The monoisotopic (exact) mass is 521 g/mol. The van der Waals surface area contributed by atoms with E-state index in [0.717, 1.165) is 5.76 Å². The standard InChI is InChI=1S/C18H27N5O3S.HI/c1-18(2,3)15-12-21-16(26-15)13-22-17(19-4)20-10-11-23-27(24,25)14-8-6-5-7-9-14;/h5-9,12,23H,10-11,13H2,1-4H3,(H2,19,20,22);1H. The molecular formula is C18H28IN5O3S. The molecule has 0 amide bonds. The van der Waals surface area contributed by atoms with Crippen molar-refractivity contribution < 1.29 is 12.8 Å². The van der Waals surface area contributed by atoms with E-state index in [0.29, 0.717) is 24.9 Å². The number of nitrogens with one attached hydrogen (secondary N) is 3. The van der Waals surface area contributed by atoms with Crippen LogP contribution < -0.4 is 15.4 Å². The first-order valence-electron chi connectivity index (χ1n) is 8.67. The molecule has 0 aliphatic heterocycles. The molecule has 0 saturated carbocycles. The van der Waals surface area contributed by atoms with Gasteiger partial charge in [0.1, 0.15) is 5.76 Å². The number of guanidine groups is 1. The molecule has 0 fully saturated rings. The second kappa shape index (κ2) is 10.8. The van der Waals surface area contributed by atoms with Gasteiger partial charge in [0.15, 0.2) is 5.96 Å². The molecule has 3 N–H and O–H groups in total. The van der Waals surface area contributed by atoms with Crippen molar-refractivity contribution >= 4 is 40.0 Å². The van der Waals surface area contributed by atoms with Crippen LogP contribution in [0.5, 0.6) is 0 Å². The van der Waals surface area contributed by atoms with Crippen molar-refractivity contribution in [2.24, 2.45) is 4.99 Å². The van der Waals surface area contributed by atoms with Crippen molar-refractivity contribution in [3.05, 3.63) is 48.2 Å². The van der Waals surface area contributed by atoms with Gasteiger partial charge in [0.2, 0.25) is 15.9 Å². The molecule has 156 valence electrons. The first-order chi connectivity index (χ1) is 12.7. The summed E-state index contributed by atoms with van der Waals surface area (Å²) in [6, 6.07) is 8.25. The van der Waals surface area contributed by atoms with Gasteiger partial charge >= 0.3 is 0 Å². The lowest BCUT2D eigenvalue weighted by Crippen LogP contribution is -2.41. The number of sulfonamides is 1. The second-order valence-electron chi connectivity index (χ2n) is 6.93. The summed E-state index contributed by atoms with van der Waals surface area (Å²) < 4.78 is 32.5. The van der Waals surface area contributed by atoms with E-state index in [4.69, 9.17) is 4.42 Å². The minimum absolute atomic E-state index is 0. The van der Waals surface area contributed by atoms with Crippen molar-refractivity contribution in [2.75, 3.05) is 20.1 Å². The number of aliphatic imine (C=N–C) groups is 1. The van der Waals surface area contributed by atoms with Crippen molar-refractivity contribution in [2.45, 2.75) is 37.6 Å². The van der Waals surface area contributed by atoms with Crippen LogP contribution in [0.25, 0.3) is 0 Å². The van der Waals surface area contributed by atoms with Crippen LogP contribution in [0.4, 0.5) is 0 Å². The molecule has 0 bridgehead atoms. The highest BCUT2D eigenvalue weighted by molar-refractivity contribution is 14.0.